The van der Waals surface area contributed by atoms with E-state index in [1.54, 1.807) is 24.3 Å². The number of nitrogens with one attached hydrogen (secondary N) is 2. The predicted octanol–water partition coefficient (Wildman–Crippen LogP) is 1.39. The van der Waals surface area contributed by atoms with Crippen molar-refractivity contribution in [1.82, 2.24) is 9.62 Å². The zero-order chi connectivity index (χ0) is 21.7. The molecule has 1 aliphatic rings. The first-order valence-electron chi connectivity index (χ1n) is 9.30. The molecule has 10 heteroatoms. The molecule has 2 amide bonds. The number of nitrogens with zero attached hydrogens (tertiary/aromatic N) is 1. The highest BCUT2D eigenvalue weighted by atomic mass is 32.2. The molecular formula is C20H22FN3O5S. The molecule has 0 atom stereocenters. The van der Waals surface area contributed by atoms with Gasteiger partial charge in [0, 0.05) is 31.4 Å². The molecule has 0 aliphatic carbocycles. The zero-order valence-electron chi connectivity index (χ0n) is 16.4. The fourth-order valence-corrected chi connectivity index (χ4v) is 4.52. The van der Waals surface area contributed by atoms with Gasteiger partial charge in [0.1, 0.15) is 10.7 Å². The molecule has 0 unspecified atom stereocenters. The molecule has 8 nitrogen and oxygen atoms in total. The van der Waals surface area contributed by atoms with E-state index in [4.69, 9.17) is 4.74 Å². The SMILES string of the molecule is CNC(=O)Cc1ccccc1NC(=O)c1ccc(F)c(S(=O)(=O)N2CCOCC2)c1. The number of hydrogen-bond donors (Lipinski definition) is 2. The van der Waals surface area contributed by atoms with Crippen molar-refractivity contribution in [2.24, 2.45) is 0 Å². The van der Waals surface area contributed by atoms with Crippen LogP contribution in [-0.4, -0.2) is 57.9 Å². The molecule has 0 bridgehead atoms. The van der Waals surface area contributed by atoms with Crippen LogP contribution in [0.2, 0.25) is 0 Å². The van der Waals surface area contributed by atoms with Gasteiger partial charge in [-0.3, -0.25) is 9.59 Å². The molecule has 0 spiro atoms. The Morgan fingerprint density at radius 1 is 1.13 bits per heavy atom. The van der Waals surface area contributed by atoms with Gasteiger partial charge in [-0.15, -0.1) is 0 Å². The average molecular weight is 435 g/mol. The number of anilines is 1. The van der Waals surface area contributed by atoms with Crippen LogP contribution in [0.1, 0.15) is 15.9 Å². The number of halogens is 1. The number of rotatable bonds is 6. The Morgan fingerprint density at radius 3 is 2.53 bits per heavy atom. The number of morpholine rings is 1. The summed E-state index contributed by atoms with van der Waals surface area (Å²) in [5.74, 6) is -1.77. The van der Waals surface area contributed by atoms with Gasteiger partial charge < -0.3 is 15.4 Å². The normalized spacial score (nSPS) is 14.9. The number of likely N-dealkylation sites (N-methyl/N-ethyl adjacent to an activating group) is 1. The minimum atomic E-state index is -4.10. The van der Waals surface area contributed by atoms with Crippen molar-refractivity contribution in [3.05, 3.63) is 59.4 Å². The highest BCUT2D eigenvalue weighted by Gasteiger charge is 2.29. The molecule has 1 aliphatic heterocycles. The molecule has 160 valence electrons. The van der Waals surface area contributed by atoms with E-state index in [1.807, 2.05) is 0 Å². The summed E-state index contributed by atoms with van der Waals surface area (Å²) < 4.78 is 46.2. The number of sulfonamides is 1. The minimum absolute atomic E-state index is 0.0158. The van der Waals surface area contributed by atoms with Crippen molar-refractivity contribution in [3.8, 4) is 0 Å². The van der Waals surface area contributed by atoms with Crippen molar-refractivity contribution in [2.75, 3.05) is 38.7 Å². The molecule has 3 rings (SSSR count). The molecule has 2 N–H and O–H groups in total. The highest BCUT2D eigenvalue weighted by Crippen LogP contribution is 2.23. The van der Waals surface area contributed by atoms with E-state index in [0.29, 0.717) is 11.3 Å². The average Bonchev–Trinajstić information content (AvgIpc) is 2.75. The fraction of sp³-hybridized carbons (Fsp3) is 0.300. The van der Waals surface area contributed by atoms with Gasteiger partial charge in [0.2, 0.25) is 15.9 Å². The second kappa shape index (κ2) is 9.33. The van der Waals surface area contributed by atoms with Crippen LogP contribution < -0.4 is 10.6 Å². The highest BCUT2D eigenvalue weighted by molar-refractivity contribution is 7.89. The maximum atomic E-state index is 14.3. The summed E-state index contributed by atoms with van der Waals surface area (Å²) in [5.41, 5.74) is 0.986. The van der Waals surface area contributed by atoms with E-state index < -0.39 is 26.6 Å². The van der Waals surface area contributed by atoms with Gasteiger partial charge >= 0.3 is 0 Å². The summed E-state index contributed by atoms with van der Waals surface area (Å²) in [6, 6.07) is 9.95. The molecule has 0 radical (unpaired) electrons. The number of hydrogen-bond acceptors (Lipinski definition) is 5. The third kappa shape index (κ3) is 4.84. The van der Waals surface area contributed by atoms with Crippen LogP contribution in [0.5, 0.6) is 0 Å². The molecule has 30 heavy (non-hydrogen) atoms. The summed E-state index contributed by atoms with van der Waals surface area (Å²) in [4.78, 5) is 23.9. The van der Waals surface area contributed by atoms with Crippen molar-refractivity contribution in [3.63, 3.8) is 0 Å². The van der Waals surface area contributed by atoms with Gasteiger partial charge in [-0.1, -0.05) is 18.2 Å². The largest absolute Gasteiger partial charge is 0.379 e. The van der Waals surface area contributed by atoms with Crippen molar-refractivity contribution in [2.45, 2.75) is 11.3 Å². The van der Waals surface area contributed by atoms with E-state index in [9.17, 15) is 22.4 Å². The topological polar surface area (TPSA) is 105 Å². The summed E-state index contributed by atoms with van der Waals surface area (Å²) >= 11 is 0. The minimum Gasteiger partial charge on any atom is -0.379 e. The van der Waals surface area contributed by atoms with Crippen LogP contribution in [0, 0.1) is 5.82 Å². The predicted molar refractivity (Wildman–Crippen MR) is 108 cm³/mol. The number of amides is 2. The monoisotopic (exact) mass is 435 g/mol. The first-order valence-corrected chi connectivity index (χ1v) is 10.7. The van der Waals surface area contributed by atoms with Crippen LogP contribution in [0.25, 0.3) is 0 Å². The molecular weight excluding hydrogens is 413 g/mol. The Hall–Kier alpha value is -2.82. The standard InChI is InChI=1S/C20H22FN3O5S/c1-22-19(25)13-14-4-2-3-5-17(14)23-20(26)15-6-7-16(21)18(12-15)30(27,28)24-8-10-29-11-9-24/h2-7,12H,8-11,13H2,1H3,(H,22,25)(H,23,26). The number of carbonyl (C=O) groups excluding carboxylic acids is 2. The van der Waals surface area contributed by atoms with Crippen LogP contribution in [-0.2, 0) is 26.0 Å². The lowest BCUT2D eigenvalue weighted by molar-refractivity contribution is -0.119. The summed E-state index contributed by atoms with van der Waals surface area (Å²) in [6.45, 7) is 0.683. The van der Waals surface area contributed by atoms with E-state index in [2.05, 4.69) is 10.6 Å². The van der Waals surface area contributed by atoms with E-state index in [1.165, 1.54) is 13.1 Å². The van der Waals surface area contributed by atoms with E-state index >= 15 is 0 Å². The van der Waals surface area contributed by atoms with Crippen LogP contribution in [0.4, 0.5) is 10.1 Å². The molecule has 2 aromatic carbocycles. The van der Waals surface area contributed by atoms with Gasteiger partial charge in [0.05, 0.1) is 19.6 Å². The third-order valence-corrected chi connectivity index (χ3v) is 6.59. The van der Waals surface area contributed by atoms with Crippen molar-refractivity contribution >= 4 is 27.5 Å². The second-order valence-corrected chi connectivity index (χ2v) is 8.53. The maximum Gasteiger partial charge on any atom is 0.255 e. The van der Waals surface area contributed by atoms with Gasteiger partial charge in [-0.25, -0.2) is 12.8 Å². The first-order chi connectivity index (χ1) is 14.3. The van der Waals surface area contributed by atoms with Crippen LogP contribution in [0.3, 0.4) is 0 Å². The van der Waals surface area contributed by atoms with Gasteiger partial charge in [0.15, 0.2) is 0 Å². The lowest BCUT2D eigenvalue weighted by Crippen LogP contribution is -2.41. The molecule has 2 aromatic rings. The Balaban J connectivity index is 1.86. The molecule has 0 saturated carbocycles. The maximum absolute atomic E-state index is 14.3. The van der Waals surface area contributed by atoms with Gasteiger partial charge in [-0.2, -0.15) is 4.31 Å². The fourth-order valence-electron chi connectivity index (χ4n) is 3.02. The lowest BCUT2D eigenvalue weighted by atomic mass is 10.1. The quantitative estimate of drug-likeness (QED) is 0.714. The Labute approximate surface area is 174 Å². The summed E-state index contributed by atoms with van der Waals surface area (Å²) in [6.07, 6.45) is 0.0625. The van der Waals surface area contributed by atoms with Crippen LogP contribution >= 0.6 is 0 Å². The van der Waals surface area contributed by atoms with Gasteiger partial charge in [0.25, 0.3) is 5.91 Å². The summed E-state index contributed by atoms with van der Waals surface area (Å²) in [7, 11) is -2.59. The molecule has 1 heterocycles. The third-order valence-electron chi connectivity index (χ3n) is 4.68. The molecule has 0 aromatic heterocycles. The summed E-state index contributed by atoms with van der Waals surface area (Å²) in [5, 5.41) is 5.18. The van der Waals surface area contributed by atoms with E-state index in [-0.39, 0.29) is 44.2 Å². The smallest absolute Gasteiger partial charge is 0.255 e. The molecule has 1 saturated heterocycles. The first kappa shape index (κ1) is 21.9. The number of carbonyl (C=O) groups is 2. The Morgan fingerprint density at radius 2 is 1.83 bits per heavy atom. The Kier molecular flexibility index (Phi) is 6.80. The Bertz CT molecular complexity index is 1050. The van der Waals surface area contributed by atoms with Crippen molar-refractivity contribution in [1.29, 1.82) is 0 Å². The van der Waals surface area contributed by atoms with Crippen molar-refractivity contribution < 1.29 is 27.1 Å². The number of ether oxygens (including phenoxy) is 1. The lowest BCUT2D eigenvalue weighted by Gasteiger charge is -2.26. The molecule has 1 fully saturated rings. The van der Waals surface area contributed by atoms with Crippen LogP contribution in [0.15, 0.2) is 47.4 Å². The number of para-hydroxylation sites is 1. The van der Waals surface area contributed by atoms with Gasteiger partial charge in [-0.05, 0) is 29.8 Å². The van der Waals surface area contributed by atoms with E-state index in [0.717, 1.165) is 16.4 Å². The zero-order valence-corrected chi connectivity index (χ0v) is 17.2. The number of benzene rings is 2. The second-order valence-electron chi connectivity index (χ2n) is 6.62.